The van der Waals surface area contributed by atoms with E-state index in [9.17, 15) is 4.79 Å². The second-order valence-electron chi connectivity index (χ2n) is 4.03. The molecule has 3 aromatic rings. The van der Waals surface area contributed by atoms with Gasteiger partial charge >= 0.3 is 0 Å². The number of fused-ring (bicyclic) bond motifs is 1. The number of anilines is 1. The summed E-state index contributed by atoms with van der Waals surface area (Å²) in [4.78, 5) is 11.3. The molecule has 0 amide bonds. The highest BCUT2D eigenvalue weighted by Gasteiger charge is 2.06. The van der Waals surface area contributed by atoms with Crippen molar-refractivity contribution in [3.8, 4) is 0 Å². The molecule has 0 spiro atoms. The Kier molecular flexibility index (Phi) is 2.97. The Morgan fingerprint density at radius 3 is 3.05 bits per heavy atom. The standard InChI is InChI=1S/C13H10ClN3O2/c14-12-10(7-16-17-13(12)18)15-6-9-5-8-3-1-2-4-11(8)19-9/h1-5,7H,6H2,(H2,15,17,18). The van der Waals surface area contributed by atoms with Gasteiger partial charge in [0.2, 0.25) is 0 Å². The number of rotatable bonds is 3. The van der Waals surface area contributed by atoms with E-state index in [4.69, 9.17) is 16.0 Å². The molecule has 0 aliphatic carbocycles. The Balaban J connectivity index is 1.82. The Labute approximate surface area is 113 Å². The lowest BCUT2D eigenvalue weighted by molar-refractivity contribution is 0.559. The fourth-order valence-electron chi connectivity index (χ4n) is 1.81. The van der Waals surface area contributed by atoms with E-state index in [0.717, 1.165) is 16.7 Å². The summed E-state index contributed by atoms with van der Waals surface area (Å²) in [6.07, 6.45) is 1.46. The normalized spacial score (nSPS) is 10.8. The average Bonchev–Trinajstić information content (AvgIpc) is 2.83. The lowest BCUT2D eigenvalue weighted by Crippen LogP contribution is -2.11. The monoisotopic (exact) mass is 275 g/mol. The smallest absolute Gasteiger partial charge is 0.285 e. The number of hydrogen-bond acceptors (Lipinski definition) is 4. The van der Waals surface area contributed by atoms with Crippen LogP contribution >= 0.6 is 11.6 Å². The van der Waals surface area contributed by atoms with Crippen molar-refractivity contribution in [1.82, 2.24) is 10.2 Å². The molecule has 0 unspecified atom stereocenters. The fourth-order valence-corrected chi connectivity index (χ4v) is 1.97. The van der Waals surface area contributed by atoms with Crippen LogP contribution in [0.3, 0.4) is 0 Å². The highest BCUT2D eigenvalue weighted by atomic mass is 35.5. The van der Waals surface area contributed by atoms with E-state index in [-0.39, 0.29) is 5.02 Å². The van der Waals surface area contributed by atoms with Crippen molar-refractivity contribution in [1.29, 1.82) is 0 Å². The molecule has 0 aliphatic heterocycles. The van der Waals surface area contributed by atoms with Gasteiger partial charge in [-0.2, -0.15) is 5.10 Å². The van der Waals surface area contributed by atoms with Crippen molar-refractivity contribution in [3.63, 3.8) is 0 Å². The zero-order valence-electron chi connectivity index (χ0n) is 9.81. The van der Waals surface area contributed by atoms with Gasteiger partial charge in [0.25, 0.3) is 5.56 Å². The molecule has 2 aromatic heterocycles. The number of nitrogens with zero attached hydrogens (tertiary/aromatic N) is 1. The van der Waals surface area contributed by atoms with Crippen LogP contribution in [0.25, 0.3) is 11.0 Å². The number of aromatic nitrogens is 2. The van der Waals surface area contributed by atoms with Crippen LogP contribution in [-0.4, -0.2) is 10.2 Å². The minimum Gasteiger partial charge on any atom is -0.459 e. The molecule has 96 valence electrons. The van der Waals surface area contributed by atoms with Gasteiger partial charge in [-0.1, -0.05) is 29.8 Å². The number of nitrogens with one attached hydrogen (secondary N) is 2. The summed E-state index contributed by atoms with van der Waals surface area (Å²) in [5.74, 6) is 0.762. The minimum atomic E-state index is -0.420. The minimum absolute atomic E-state index is 0.0890. The predicted octanol–water partition coefficient (Wildman–Crippen LogP) is 2.78. The molecule has 1 aromatic carbocycles. The molecule has 5 nitrogen and oxygen atoms in total. The van der Waals surface area contributed by atoms with E-state index >= 15 is 0 Å². The summed E-state index contributed by atoms with van der Waals surface area (Å²) in [5.41, 5.74) is 0.886. The van der Waals surface area contributed by atoms with Gasteiger partial charge in [0.15, 0.2) is 0 Å². The zero-order chi connectivity index (χ0) is 13.2. The lowest BCUT2D eigenvalue weighted by atomic mass is 10.2. The number of H-pyrrole nitrogens is 1. The molecule has 0 radical (unpaired) electrons. The van der Waals surface area contributed by atoms with Crippen LogP contribution in [0.5, 0.6) is 0 Å². The second-order valence-corrected chi connectivity index (χ2v) is 4.41. The highest BCUT2D eigenvalue weighted by Crippen LogP contribution is 2.21. The SMILES string of the molecule is O=c1[nH]ncc(NCc2cc3ccccc3o2)c1Cl. The zero-order valence-corrected chi connectivity index (χ0v) is 10.6. The van der Waals surface area contributed by atoms with Crippen LogP contribution in [0.15, 0.2) is 45.7 Å². The summed E-state index contributed by atoms with van der Waals surface area (Å²) in [5, 5.41) is 10.1. The van der Waals surface area contributed by atoms with E-state index in [1.165, 1.54) is 6.20 Å². The molecular weight excluding hydrogens is 266 g/mol. The third-order valence-electron chi connectivity index (χ3n) is 2.73. The van der Waals surface area contributed by atoms with Crippen LogP contribution in [0.2, 0.25) is 5.02 Å². The molecule has 0 bridgehead atoms. The number of furan rings is 1. The average molecular weight is 276 g/mol. The summed E-state index contributed by atoms with van der Waals surface area (Å²) in [6, 6.07) is 9.69. The number of aromatic amines is 1. The summed E-state index contributed by atoms with van der Waals surface area (Å²) < 4.78 is 5.65. The van der Waals surface area contributed by atoms with E-state index < -0.39 is 5.56 Å². The third-order valence-corrected chi connectivity index (χ3v) is 3.10. The van der Waals surface area contributed by atoms with Gasteiger partial charge in [-0.15, -0.1) is 0 Å². The summed E-state index contributed by atoms with van der Waals surface area (Å²) in [7, 11) is 0. The van der Waals surface area contributed by atoms with Crippen LogP contribution in [-0.2, 0) is 6.54 Å². The first-order valence-corrected chi connectivity index (χ1v) is 6.06. The molecule has 0 saturated carbocycles. The quantitative estimate of drug-likeness (QED) is 0.771. The van der Waals surface area contributed by atoms with Gasteiger partial charge in [0, 0.05) is 5.39 Å². The van der Waals surface area contributed by atoms with Crippen molar-refractivity contribution in [2.75, 3.05) is 5.32 Å². The van der Waals surface area contributed by atoms with Crippen LogP contribution in [0.4, 0.5) is 5.69 Å². The topological polar surface area (TPSA) is 70.9 Å². The van der Waals surface area contributed by atoms with Gasteiger partial charge in [0.05, 0.1) is 18.4 Å². The Hall–Kier alpha value is -2.27. The lowest BCUT2D eigenvalue weighted by Gasteiger charge is -2.04. The fraction of sp³-hybridized carbons (Fsp3) is 0.0769. The molecular formula is C13H10ClN3O2. The Bertz CT molecular complexity index is 746. The van der Waals surface area contributed by atoms with E-state index in [0.29, 0.717) is 12.2 Å². The largest absolute Gasteiger partial charge is 0.459 e. The number of halogens is 1. The number of hydrogen-bond donors (Lipinski definition) is 2. The van der Waals surface area contributed by atoms with Crippen molar-refractivity contribution in [2.45, 2.75) is 6.54 Å². The van der Waals surface area contributed by atoms with Gasteiger partial charge in [-0.05, 0) is 12.1 Å². The Morgan fingerprint density at radius 2 is 2.21 bits per heavy atom. The van der Waals surface area contributed by atoms with Gasteiger partial charge < -0.3 is 9.73 Å². The highest BCUT2D eigenvalue weighted by molar-refractivity contribution is 6.32. The molecule has 19 heavy (non-hydrogen) atoms. The molecule has 0 saturated heterocycles. The van der Waals surface area contributed by atoms with Crippen LogP contribution in [0.1, 0.15) is 5.76 Å². The molecule has 6 heteroatoms. The van der Waals surface area contributed by atoms with E-state index in [1.54, 1.807) is 0 Å². The molecule has 0 atom stereocenters. The molecule has 0 fully saturated rings. The second kappa shape index (κ2) is 4.78. The molecule has 3 rings (SSSR count). The van der Waals surface area contributed by atoms with Gasteiger partial charge in [-0.3, -0.25) is 4.79 Å². The summed E-state index contributed by atoms with van der Waals surface area (Å²) in [6.45, 7) is 0.430. The first-order chi connectivity index (χ1) is 9.24. The van der Waals surface area contributed by atoms with Crippen molar-refractivity contribution >= 4 is 28.3 Å². The number of para-hydroxylation sites is 1. The maximum atomic E-state index is 11.3. The summed E-state index contributed by atoms with van der Waals surface area (Å²) >= 11 is 5.86. The van der Waals surface area contributed by atoms with Crippen LogP contribution in [0, 0.1) is 0 Å². The van der Waals surface area contributed by atoms with Crippen LogP contribution < -0.4 is 10.9 Å². The predicted molar refractivity (Wildman–Crippen MR) is 73.4 cm³/mol. The van der Waals surface area contributed by atoms with E-state index in [2.05, 4.69) is 15.5 Å². The molecule has 2 N–H and O–H groups in total. The first kappa shape index (κ1) is 11.8. The van der Waals surface area contributed by atoms with Crippen molar-refractivity contribution in [2.24, 2.45) is 0 Å². The Morgan fingerprint density at radius 1 is 1.37 bits per heavy atom. The van der Waals surface area contributed by atoms with Gasteiger partial charge in [-0.25, -0.2) is 5.10 Å². The molecule has 2 heterocycles. The van der Waals surface area contributed by atoms with E-state index in [1.807, 2.05) is 30.3 Å². The van der Waals surface area contributed by atoms with Crippen molar-refractivity contribution in [3.05, 3.63) is 57.7 Å². The number of benzene rings is 1. The third kappa shape index (κ3) is 2.32. The maximum absolute atomic E-state index is 11.3. The first-order valence-electron chi connectivity index (χ1n) is 5.68. The van der Waals surface area contributed by atoms with Gasteiger partial charge in [0.1, 0.15) is 16.4 Å². The molecule has 0 aliphatic rings. The van der Waals surface area contributed by atoms with Crippen molar-refractivity contribution < 1.29 is 4.42 Å². The maximum Gasteiger partial charge on any atom is 0.285 e.